The summed E-state index contributed by atoms with van der Waals surface area (Å²) in [5, 5.41) is 1.86. The van der Waals surface area contributed by atoms with Gasteiger partial charge in [-0.25, -0.2) is 0 Å². The molecule has 0 spiro atoms. The lowest BCUT2D eigenvalue weighted by Crippen LogP contribution is -1.98. The lowest BCUT2D eigenvalue weighted by Gasteiger charge is -2.19. The Kier molecular flexibility index (Phi) is 1.62. The Morgan fingerprint density at radius 3 is 2.07 bits per heavy atom. The predicted octanol–water partition coefficient (Wildman–Crippen LogP) is 3.81. The molecule has 0 aliphatic carbocycles. The predicted molar refractivity (Wildman–Crippen MR) is 53.2 cm³/mol. The van der Waals surface area contributed by atoms with Crippen LogP contribution in [0.3, 0.4) is 0 Å². The molecule has 0 N–H and O–H groups in total. The van der Waals surface area contributed by atoms with E-state index in [2.05, 4.69) is 0 Å². The van der Waals surface area contributed by atoms with Crippen molar-refractivity contribution in [3.8, 4) is 11.5 Å². The molecule has 4 heteroatoms. The van der Waals surface area contributed by atoms with E-state index < -0.39 is 8.69 Å². The van der Waals surface area contributed by atoms with Gasteiger partial charge in [-0.1, -0.05) is 24.3 Å². The molecule has 0 bridgehead atoms. The second-order valence-corrected chi connectivity index (χ2v) is 3.80. The van der Waals surface area contributed by atoms with Gasteiger partial charge < -0.3 is 9.05 Å². The summed E-state index contributed by atoms with van der Waals surface area (Å²) in [6.45, 7) is 0. The molecule has 1 heterocycles. The van der Waals surface area contributed by atoms with E-state index in [4.69, 9.17) is 9.05 Å². The van der Waals surface area contributed by atoms with Gasteiger partial charge in [0.05, 0.1) is 5.39 Å². The van der Waals surface area contributed by atoms with Crippen molar-refractivity contribution in [2.24, 2.45) is 0 Å². The van der Waals surface area contributed by atoms with Crippen molar-refractivity contribution in [2.45, 2.75) is 0 Å². The summed E-state index contributed by atoms with van der Waals surface area (Å²) >= 11 is 0. The second-order valence-electron chi connectivity index (χ2n) is 3.01. The zero-order chi connectivity index (χ0) is 9.54. The monoisotopic (exact) mass is 208 g/mol. The fourth-order valence-corrected chi connectivity index (χ4v) is 2.25. The van der Waals surface area contributed by atoms with Gasteiger partial charge in [0.2, 0.25) is 0 Å². The maximum absolute atomic E-state index is 13.0. The van der Waals surface area contributed by atoms with Gasteiger partial charge in [0.25, 0.3) is 0 Å². The molecule has 2 nitrogen and oxygen atoms in total. The molecule has 0 fully saturated rings. The van der Waals surface area contributed by atoms with Gasteiger partial charge in [-0.2, -0.15) is 0 Å². The first-order valence-electron chi connectivity index (χ1n) is 4.18. The van der Waals surface area contributed by atoms with Crippen LogP contribution >= 0.6 is 8.69 Å². The molecule has 70 valence electrons. The summed E-state index contributed by atoms with van der Waals surface area (Å²) in [7, 11) is -2.30. The highest BCUT2D eigenvalue weighted by Gasteiger charge is 2.23. The summed E-state index contributed by atoms with van der Waals surface area (Å²) in [5.41, 5.74) is 0. The minimum absolute atomic E-state index is 0.568. The first-order chi connectivity index (χ1) is 6.84. The summed E-state index contributed by atoms with van der Waals surface area (Å²) in [4.78, 5) is 0. The van der Waals surface area contributed by atoms with E-state index in [0.29, 0.717) is 11.5 Å². The highest BCUT2D eigenvalue weighted by atomic mass is 31.2. The normalized spacial score (nSPS) is 14.9. The van der Waals surface area contributed by atoms with Crippen LogP contribution in [0.1, 0.15) is 0 Å². The van der Waals surface area contributed by atoms with Gasteiger partial charge in [0.1, 0.15) is 11.5 Å². The maximum atomic E-state index is 13.0. The van der Waals surface area contributed by atoms with E-state index in [1.165, 1.54) is 0 Å². The quantitative estimate of drug-likeness (QED) is 0.613. The first-order valence-corrected chi connectivity index (χ1v) is 5.25. The third-order valence-electron chi connectivity index (χ3n) is 2.17. The van der Waals surface area contributed by atoms with Crippen molar-refractivity contribution in [3.05, 3.63) is 36.4 Å². The van der Waals surface area contributed by atoms with Crippen LogP contribution in [0.25, 0.3) is 10.8 Å². The molecule has 2 aromatic rings. The summed E-state index contributed by atoms with van der Waals surface area (Å²) in [5.74, 6) is 1.14. The Balaban J connectivity index is 2.40. The third-order valence-corrected chi connectivity index (χ3v) is 2.85. The van der Waals surface area contributed by atoms with Crippen molar-refractivity contribution in [3.63, 3.8) is 0 Å². The number of hydrogen-bond donors (Lipinski definition) is 0. The number of rotatable bonds is 0. The van der Waals surface area contributed by atoms with Crippen molar-refractivity contribution in [1.29, 1.82) is 0 Å². The van der Waals surface area contributed by atoms with Crippen molar-refractivity contribution < 1.29 is 13.2 Å². The SMILES string of the molecule is FP1Oc2cccc3cccc(c23)O1. The highest BCUT2D eigenvalue weighted by molar-refractivity contribution is 7.42. The van der Waals surface area contributed by atoms with Crippen molar-refractivity contribution >= 4 is 19.5 Å². The Morgan fingerprint density at radius 2 is 1.50 bits per heavy atom. The van der Waals surface area contributed by atoms with Gasteiger partial charge in [0, 0.05) is 0 Å². The van der Waals surface area contributed by atoms with E-state index in [1.54, 1.807) is 12.1 Å². The first kappa shape index (κ1) is 8.01. The average Bonchev–Trinajstić information content (AvgIpc) is 2.18. The third kappa shape index (κ3) is 1.06. The van der Waals surface area contributed by atoms with E-state index in [-0.39, 0.29) is 0 Å². The molecule has 0 unspecified atom stereocenters. The van der Waals surface area contributed by atoms with Gasteiger partial charge >= 0.3 is 8.69 Å². The van der Waals surface area contributed by atoms with Crippen LogP contribution in [0, 0.1) is 0 Å². The Hall–Kier alpha value is -1.34. The molecule has 0 saturated heterocycles. The van der Waals surface area contributed by atoms with Crippen molar-refractivity contribution in [1.82, 2.24) is 0 Å². The Bertz CT molecular complexity index is 460. The average molecular weight is 208 g/mol. The van der Waals surface area contributed by atoms with Crippen LogP contribution in [-0.2, 0) is 0 Å². The lowest BCUT2D eigenvalue weighted by molar-refractivity contribution is 0.430. The summed E-state index contributed by atoms with van der Waals surface area (Å²) in [6.07, 6.45) is 0. The van der Waals surface area contributed by atoms with Gasteiger partial charge in [-0.05, 0) is 17.5 Å². The minimum atomic E-state index is -2.30. The zero-order valence-corrected chi connectivity index (χ0v) is 8.00. The molecule has 0 aromatic heterocycles. The highest BCUT2D eigenvalue weighted by Crippen LogP contribution is 2.51. The fraction of sp³-hybridized carbons (Fsp3) is 0. The van der Waals surface area contributed by atoms with E-state index >= 15 is 0 Å². The smallest absolute Gasteiger partial charge is 0.414 e. The lowest BCUT2D eigenvalue weighted by atomic mass is 10.1. The van der Waals surface area contributed by atoms with E-state index in [1.807, 2.05) is 24.3 Å². The zero-order valence-electron chi connectivity index (χ0n) is 7.11. The molecular weight excluding hydrogens is 202 g/mol. The molecular formula is C10H6FO2P. The Labute approximate surface area is 81.3 Å². The van der Waals surface area contributed by atoms with Crippen LogP contribution in [-0.4, -0.2) is 0 Å². The second kappa shape index (κ2) is 2.82. The Morgan fingerprint density at radius 1 is 0.929 bits per heavy atom. The van der Waals surface area contributed by atoms with Crippen LogP contribution in [0.5, 0.6) is 11.5 Å². The molecule has 0 atom stereocenters. The topological polar surface area (TPSA) is 18.5 Å². The van der Waals surface area contributed by atoms with Crippen LogP contribution in [0.4, 0.5) is 4.20 Å². The molecule has 0 saturated carbocycles. The molecule has 3 rings (SSSR count). The van der Waals surface area contributed by atoms with Gasteiger partial charge in [-0.3, -0.25) is 0 Å². The molecule has 2 aromatic carbocycles. The number of benzene rings is 2. The van der Waals surface area contributed by atoms with Gasteiger partial charge in [0.15, 0.2) is 0 Å². The summed E-state index contributed by atoms with van der Waals surface area (Å²) < 4.78 is 23.0. The number of halogens is 1. The van der Waals surface area contributed by atoms with Crippen LogP contribution < -0.4 is 9.05 Å². The van der Waals surface area contributed by atoms with Crippen molar-refractivity contribution in [2.75, 3.05) is 0 Å². The molecule has 0 amide bonds. The van der Waals surface area contributed by atoms with E-state index in [0.717, 1.165) is 10.8 Å². The maximum Gasteiger partial charge on any atom is 0.505 e. The molecule has 1 aliphatic heterocycles. The molecule has 14 heavy (non-hydrogen) atoms. The standard InChI is InChI=1S/C10H6FO2P/c11-14-12-8-5-1-3-7-4-2-6-9(13-14)10(7)8/h1-6H. The van der Waals surface area contributed by atoms with Gasteiger partial charge in [-0.15, -0.1) is 4.20 Å². The molecule has 1 aliphatic rings. The van der Waals surface area contributed by atoms with E-state index in [9.17, 15) is 4.20 Å². The number of hydrogen-bond acceptors (Lipinski definition) is 2. The minimum Gasteiger partial charge on any atom is -0.414 e. The fourth-order valence-electron chi connectivity index (χ4n) is 1.60. The van der Waals surface area contributed by atoms with Crippen LogP contribution in [0.15, 0.2) is 36.4 Å². The largest absolute Gasteiger partial charge is 0.505 e. The van der Waals surface area contributed by atoms with Crippen LogP contribution in [0.2, 0.25) is 0 Å². The summed E-state index contributed by atoms with van der Waals surface area (Å²) in [6, 6.07) is 11.1. The molecule has 0 radical (unpaired) electrons.